The van der Waals surface area contributed by atoms with E-state index in [4.69, 9.17) is 21.4 Å². The summed E-state index contributed by atoms with van der Waals surface area (Å²) in [5, 5.41) is 22.5. The number of ketones is 1. The van der Waals surface area contributed by atoms with Crippen molar-refractivity contribution in [2.75, 3.05) is 23.7 Å². The molecule has 0 fully saturated rings. The number of hydrogen-bond acceptors (Lipinski definition) is 10. The van der Waals surface area contributed by atoms with E-state index in [-0.39, 0.29) is 24.7 Å². The molecule has 0 aliphatic rings. The maximum Gasteiger partial charge on any atom is 0.241 e. The van der Waals surface area contributed by atoms with E-state index in [9.17, 15) is 9.59 Å². The van der Waals surface area contributed by atoms with Crippen LogP contribution in [0.5, 0.6) is 0 Å². The molecule has 1 atom stereocenters. The zero-order chi connectivity index (χ0) is 26.9. The zero-order valence-corrected chi connectivity index (χ0v) is 20.8. The fourth-order valence-electron chi connectivity index (χ4n) is 3.95. The van der Waals surface area contributed by atoms with Crippen LogP contribution in [0.25, 0.3) is 22.6 Å². The molecule has 12 heteroatoms. The first-order chi connectivity index (χ1) is 18.5. The van der Waals surface area contributed by atoms with E-state index in [0.717, 1.165) is 18.4 Å². The molecule has 0 bridgehead atoms. The molecule has 196 valence electrons. The second kappa shape index (κ2) is 12.6. The van der Waals surface area contributed by atoms with E-state index in [1.165, 1.54) is 0 Å². The Kier molecular flexibility index (Phi) is 8.76. The molecule has 4 aromatic rings. The predicted molar refractivity (Wildman–Crippen MR) is 142 cm³/mol. The van der Waals surface area contributed by atoms with E-state index in [1.54, 1.807) is 28.8 Å². The van der Waals surface area contributed by atoms with Crippen LogP contribution in [0.1, 0.15) is 36.0 Å². The number of anilines is 2. The van der Waals surface area contributed by atoms with E-state index >= 15 is 0 Å². The number of rotatable bonds is 13. The second-order valence-electron chi connectivity index (χ2n) is 8.69. The molecule has 0 radical (unpaired) electrons. The molecule has 4 rings (SSSR count). The van der Waals surface area contributed by atoms with Gasteiger partial charge in [0, 0.05) is 17.8 Å². The molecule has 2 aromatic carbocycles. The van der Waals surface area contributed by atoms with Gasteiger partial charge in [-0.15, -0.1) is 0 Å². The van der Waals surface area contributed by atoms with Gasteiger partial charge in [-0.25, -0.2) is 9.61 Å². The van der Waals surface area contributed by atoms with Crippen molar-refractivity contribution in [1.29, 1.82) is 5.26 Å². The van der Waals surface area contributed by atoms with Crippen LogP contribution in [-0.2, 0) is 11.3 Å². The SMILES string of the molecule is N#CCCNc1nonc1-c1nc2ccccc2n1CC(=O)c1ccc(NC(=O)[C@@H](N)CCCCN)cc1. The first kappa shape index (κ1) is 26.5. The fourth-order valence-corrected chi connectivity index (χ4v) is 3.95. The number of nitriles is 1. The monoisotopic (exact) mass is 515 g/mol. The smallest absolute Gasteiger partial charge is 0.241 e. The summed E-state index contributed by atoms with van der Waals surface area (Å²) in [6.45, 7) is 0.909. The Labute approximate surface area is 219 Å². The highest BCUT2D eigenvalue weighted by molar-refractivity contribution is 5.99. The Morgan fingerprint density at radius 1 is 1.11 bits per heavy atom. The standard InChI is InChI=1S/C26H29N9O3/c27-13-4-3-6-19(29)26(37)31-18-11-9-17(10-12-18)22(36)16-35-21-8-2-1-7-20(21)32-25(35)23-24(34-38-33-23)30-15-5-14-28/h1-2,7-12,19H,3-6,13,15-16,27,29H2,(H,30,34)(H,31,37)/t19-/m0/s1. The van der Waals surface area contributed by atoms with Crippen LogP contribution in [0, 0.1) is 11.3 Å². The minimum atomic E-state index is -0.624. The van der Waals surface area contributed by atoms with Crippen LogP contribution in [0.2, 0.25) is 0 Å². The van der Waals surface area contributed by atoms with Gasteiger partial charge < -0.3 is 26.7 Å². The van der Waals surface area contributed by atoms with Crippen molar-refractivity contribution < 1.29 is 14.2 Å². The maximum absolute atomic E-state index is 13.3. The lowest BCUT2D eigenvalue weighted by Crippen LogP contribution is -2.35. The lowest BCUT2D eigenvalue weighted by Gasteiger charge is -2.12. The number of benzene rings is 2. The number of nitrogens with one attached hydrogen (secondary N) is 2. The normalized spacial score (nSPS) is 11.7. The van der Waals surface area contributed by atoms with Gasteiger partial charge in [0.1, 0.15) is 0 Å². The third-order valence-corrected chi connectivity index (χ3v) is 5.97. The topological polar surface area (TPSA) is 191 Å². The highest BCUT2D eigenvalue weighted by Gasteiger charge is 2.22. The van der Waals surface area contributed by atoms with Crippen molar-refractivity contribution in [2.45, 2.75) is 38.3 Å². The number of Topliss-reactive ketones (excluding diaryl/α,β-unsaturated/α-hetero) is 1. The summed E-state index contributed by atoms with van der Waals surface area (Å²) in [7, 11) is 0. The minimum absolute atomic E-state index is 0.0158. The fraction of sp³-hybridized carbons (Fsp3) is 0.308. The highest BCUT2D eigenvalue weighted by Crippen LogP contribution is 2.28. The molecule has 0 saturated carbocycles. The van der Waals surface area contributed by atoms with Gasteiger partial charge in [-0.3, -0.25) is 9.59 Å². The second-order valence-corrected chi connectivity index (χ2v) is 8.69. The van der Waals surface area contributed by atoms with E-state index in [1.807, 2.05) is 24.3 Å². The van der Waals surface area contributed by atoms with Crippen molar-refractivity contribution in [1.82, 2.24) is 19.9 Å². The quantitative estimate of drug-likeness (QED) is 0.152. The van der Waals surface area contributed by atoms with E-state index in [0.29, 0.717) is 53.6 Å². The van der Waals surface area contributed by atoms with Crippen molar-refractivity contribution in [3.05, 3.63) is 54.1 Å². The molecule has 0 unspecified atom stereocenters. The largest absolute Gasteiger partial charge is 0.364 e. The lowest BCUT2D eigenvalue weighted by molar-refractivity contribution is -0.117. The van der Waals surface area contributed by atoms with Crippen LogP contribution in [0.3, 0.4) is 0 Å². The van der Waals surface area contributed by atoms with Gasteiger partial charge >= 0.3 is 0 Å². The Morgan fingerprint density at radius 2 is 1.89 bits per heavy atom. The molecule has 2 heterocycles. The Balaban J connectivity index is 1.51. The van der Waals surface area contributed by atoms with Crippen LogP contribution in [-0.4, -0.2) is 50.7 Å². The van der Waals surface area contributed by atoms with Gasteiger partial charge in [0.25, 0.3) is 0 Å². The number of aromatic nitrogens is 4. The number of fused-ring (bicyclic) bond motifs is 1. The molecule has 0 aliphatic heterocycles. The third-order valence-electron chi connectivity index (χ3n) is 5.97. The molecule has 0 aliphatic carbocycles. The van der Waals surface area contributed by atoms with Crippen LogP contribution in [0.15, 0.2) is 53.2 Å². The van der Waals surface area contributed by atoms with Gasteiger partial charge in [0.2, 0.25) is 11.7 Å². The van der Waals surface area contributed by atoms with Crippen LogP contribution < -0.4 is 22.1 Å². The number of unbranched alkanes of at least 4 members (excludes halogenated alkanes) is 1. The number of nitrogens with zero attached hydrogens (tertiary/aromatic N) is 5. The molecule has 0 saturated heterocycles. The summed E-state index contributed by atoms with van der Waals surface area (Å²) in [4.78, 5) is 30.3. The average Bonchev–Trinajstić information content (AvgIpc) is 3.53. The summed E-state index contributed by atoms with van der Waals surface area (Å²) in [5.41, 5.74) is 14.2. The molecule has 12 nitrogen and oxygen atoms in total. The summed E-state index contributed by atoms with van der Waals surface area (Å²) in [5.74, 6) is 0.301. The summed E-state index contributed by atoms with van der Waals surface area (Å²) >= 11 is 0. The number of carbonyl (C=O) groups excluding carboxylic acids is 2. The number of imidazole rings is 1. The third kappa shape index (κ3) is 6.20. The highest BCUT2D eigenvalue weighted by atomic mass is 16.6. The van der Waals surface area contributed by atoms with Gasteiger partial charge in [-0.05, 0) is 66.1 Å². The number of nitrogens with two attached hydrogens (primary N) is 2. The Bertz CT molecular complexity index is 1440. The predicted octanol–water partition coefficient (Wildman–Crippen LogP) is 2.69. The molecule has 38 heavy (non-hydrogen) atoms. The summed E-state index contributed by atoms with van der Waals surface area (Å²) in [6.07, 6.45) is 2.43. The van der Waals surface area contributed by atoms with E-state index < -0.39 is 6.04 Å². The molecular formula is C26H29N9O3. The first-order valence-corrected chi connectivity index (χ1v) is 12.3. The summed E-state index contributed by atoms with van der Waals surface area (Å²) in [6, 6.07) is 15.5. The van der Waals surface area contributed by atoms with Crippen molar-refractivity contribution >= 4 is 34.2 Å². The molecule has 1 amide bonds. The van der Waals surface area contributed by atoms with Gasteiger partial charge in [0.15, 0.2) is 17.3 Å². The average molecular weight is 516 g/mol. The van der Waals surface area contributed by atoms with Crippen molar-refractivity contribution in [3.8, 4) is 17.6 Å². The molecular weight excluding hydrogens is 486 g/mol. The van der Waals surface area contributed by atoms with Gasteiger partial charge in [-0.2, -0.15) is 5.26 Å². The molecule has 0 spiro atoms. The van der Waals surface area contributed by atoms with E-state index in [2.05, 4.69) is 32.0 Å². The number of amides is 1. The van der Waals surface area contributed by atoms with Crippen molar-refractivity contribution in [2.24, 2.45) is 11.5 Å². The van der Waals surface area contributed by atoms with Crippen LogP contribution in [0.4, 0.5) is 11.5 Å². The van der Waals surface area contributed by atoms with Gasteiger partial charge in [-0.1, -0.05) is 18.6 Å². The number of para-hydroxylation sites is 2. The first-order valence-electron chi connectivity index (χ1n) is 12.3. The molecule has 6 N–H and O–H groups in total. The number of hydrogen-bond donors (Lipinski definition) is 4. The minimum Gasteiger partial charge on any atom is -0.364 e. The van der Waals surface area contributed by atoms with Gasteiger partial charge in [0.05, 0.1) is 36.1 Å². The van der Waals surface area contributed by atoms with Crippen molar-refractivity contribution in [3.63, 3.8) is 0 Å². The Morgan fingerprint density at radius 3 is 2.66 bits per heavy atom. The number of carbonyl (C=O) groups is 2. The van der Waals surface area contributed by atoms with Crippen LogP contribution >= 0.6 is 0 Å². The lowest BCUT2D eigenvalue weighted by atomic mass is 10.1. The summed E-state index contributed by atoms with van der Waals surface area (Å²) < 4.78 is 6.68. The molecule has 2 aromatic heterocycles. The zero-order valence-electron chi connectivity index (χ0n) is 20.8. The Hall–Kier alpha value is -4.60. The maximum atomic E-state index is 13.3.